The van der Waals surface area contributed by atoms with Gasteiger partial charge in [0.2, 0.25) is 5.69 Å². The summed E-state index contributed by atoms with van der Waals surface area (Å²) in [7, 11) is 4.67. The smallest absolute Gasteiger partial charge is 0.407 e. The van der Waals surface area contributed by atoms with E-state index in [1.54, 1.807) is 18.8 Å². The molecule has 1 aromatic heterocycles. The number of nitrogens with one attached hydrogen (secondary N) is 2. The molecule has 5 atom stereocenters. The summed E-state index contributed by atoms with van der Waals surface area (Å²) in [4.78, 5) is 17.1. The van der Waals surface area contributed by atoms with E-state index >= 15 is 0 Å². The van der Waals surface area contributed by atoms with Crippen LogP contribution in [0.5, 0.6) is 0 Å². The molecule has 0 bridgehead atoms. The lowest BCUT2D eigenvalue weighted by atomic mass is 10.0. The van der Waals surface area contributed by atoms with Gasteiger partial charge in [-0.05, 0) is 40.5 Å². The standard InChI is InChI=1S/C18H32N4O6/c1-11-16(25-6)12(20-17(23)28-18(2,3)4)8-9-14(27-11)15-13(22(24)26-7)10-19-21(15)5/h10-12,14,16,22H,8-9H2,1-7H3,(H,20,23)/t11-,12-,14+,16-/m1/s1. The minimum atomic E-state index is -0.591. The van der Waals surface area contributed by atoms with Crippen LogP contribution in [0.25, 0.3) is 0 Å². The minimum Gasteiger partial charge on any atom is -0.595 e. The molecule has 28 heavy (non-hydrogen) atoms. The van der Waals surface area contributed by atoms with E-state index in [0.717, 1.165) is 0 Å². The average molecular weight is 400 g/mol. The zero-order chi connectivity index (χ0) is 21.1. The van der Waals surface area contributed by atoms with Crippen LogP contribution in [0.4, 0.5) is 10.5 Å². The fraction of sp³-hybridized carbons (Fsp3) is 0.778. The van der Waals surface area contributed by atoms with Crippen LogP contribution in [0, 0.1) is 5.21 Å². The zero-order valence-electron chi connectivity index (χ0n) is 17.6. The average Bonchev–Trinajstić information content (AvgIpc) is 2.90. The highest BCUT2D eigenvalue weighted by atomic mass is 16.9. The van der Waals surface area contributed by atoms with Crippen molar-refractivity contribution in [2.24, 2.45) is 7.05 Å². The first-order valence-corrected chi connectivity index (χ1v) is 9.35. The molecule has 1 aliphatic rings. The third-order valence-electron chi connectivity index (χ3n) is 4.65. The number of aryl methyl sites for hydroxylation is 1. The molecule has 2 heterocycles. The molecule has 10 heteroatoms. The van der Waals surface area contributed by atoms with Crippen LogP contribution in [-0.4, -0.2) is 53.9 Å². The van der Waals surface area contributed by atoms with Gasteiger partial charge in [0.05, 0.1) is 19.3 Å². The number of rotatable bonds is 5. The Hall–Kier alpha value is -1.72. The summed E-state index contributed by atoms with van der Waals surface area (Å²) < 4.78 is 18.8. The predicted octanol–water partition coefficient (Wildman–Crippen LogP) is 1.14. The lowest BCUT2D eigenvalue weighted by Crippen LogP contribution is -3.00. The number of quaternary nitrogens is 1. The van der Waals surface area contributed by atoms with Crippen molar-refractivity contribution >= 4 is 11.8 Å². The zero-order valence-corrected chi connectivity index (χ0v) is 17.6. The number of ether oxygens (including phenoxy) is 3. The Balaban J connectivity index is 2.21. The monoisotopic (exact) mass is 400 g/mol. The predicted molar refractivity (Wildman–Crippen MR) is 101 cm³/mol. The second-order valence-electron chi connectivity index (χ2n) is 7.92. The summed E-state index contributed by atoms with van der Waals surface area (Å²) in [5.41, 5.74) is 0.424. The molecule has 0 aromatic carbocycles. The van der Waals surface area contributed by atoms with E-state index < -0.39 is 16.9 Å². The van der Waals surface area contributed by atoms with Gasteiger partial charge in [-0.25, -0.2) is 9.63 Å². The highest BCUT2D eigenvalue weighted by molar-refractivity contribution is 5.68. The topological polar surface area (TPSA) is 111 Å². The van der Waals surface area contributed by atoms with Gasteiger partial charge < -0.3 is 24.7 Å². The first-order valence-electron chi connectivity index (χ1n) is 9.35. The summed E-state index contributed by atoms with van der Waals surface area (Å²) in [6.45, 7) is 7.31. The van der Waals surface area contributed by atoms with Crippen molar-refractivity contribution in [1.82, 2.24) is 15.1 Å². The number of alkyl carbamates (subject to hydrolysis) is 1. The van der Waals surface area contributed by atoms with Gasteiger partial charge in [0.25, 0.3) is 0 Å². The van der Waals surface area contributed by atoms with Crippen LogP contribution in [0.15, 0.2) is 6.20 Å². The van der Waals surface area contributed by atoms with E-state index in [-0.39, 0.29) is 24.4 Å². The number of amides is 1. The van der Waals surface area contributed by atoms with E-state index in [9.17, 15) is 10.0 Å². The number of nitrogens with zero attached hydrogens (tertiary/aromatic N) is 2. The summed E-state index contributed by atoms with van der Waals surface area (Å²) >= 11 is 0. The summed E-state index contributed by atoms with van der Waals surface area (Å²) in [6.07, 6.45) is 1.03. The lowest BCUT2D eigenvalue weighted by Gasteiger charge is -2.30. The number of carbonyl (C=O) groups excluding carboxylic acids is 1. The maximum absolute atomic E-state index is 12.2. The Kier molecular flexibility index (Phi) is 7.40. The van der Waals surface area contributed by atoms with Crippen LogP contribution in [0.3, 0.4) is 0 Å². The molecule has 1 aromatic rings. The van der Waals surface area contributed by atoms with Crippen molar-refractivity contribution in [2.45, 2.75) is 70.5 Å². The highest BCUT2D eigenvalue weighted by Gasteiger charge is 2.38. The number of aromatic nitrogens is 2. The van der Waals surface area contributed by atoms with Gasteiger partial charge in [-0.15, -0.1) is 0 Å². The molecule has 0 saturated carbocycles. The summed E-state index contributed by atoms with van der Waals surface area (Å²) in [5, 5.41) is 18.7. The molecule has 2 rings (SSSR count). The number of methoxy groups -OCH3 is 1. The normalized spacial score (nSPS) is 27.1. The molecule has 0 radical (unpaired) electrons. The molecule has 0 spiro atoms. The maximum atomic E-state index is 12.2. The van der Waals surface area contributed by atoms with Gasteiger partial charge in [-0.2, -0.15) is 10.3 Å². The highest BCUT2D eigenvalue weighted by Crippen LogP contribution is 2.34. The first-order chi connectivity index (χ1) is 13.1. The molecule has 1 aliphatic heterocycles. The van der Waals surface area contributed by atoms with E-state index in [4.69, 9.17) is 19.0 Å². The van der Waals surface area contributed by atoms with Crippen molar-refractivity contribution in [2.75, 3.05) is 14.2 Å². The van der Waals surface area contributed by atoms with Crippen molar-refractivity contribution in [3.8, 4) is 0 Å². The molecule has 1 unspecified atom stereocenters. The molecule has 2 N–H and O–H groups in total. The third kappa shape index (κ3) is 5.42. The Morgan fingerprint density at radius 2 is 2.07 bits per heavy atom. The van der Waals surface area contributed by atoms with Gasteiger partial charge in [-0.3, -0.25) is 4.68 Å². The first kappa shape index (κ1) is 22.6. The summed E-state index contributed by atoms with van der Waals surface area (Å²) in [6, 6.07) is -0.297. The van der Waals surface area contributed by atoms with Gasteiger partial charge >= 0.3 is 6.09 Å². The Labute approximate surface area is 165 Å². The van der Waals surface area contributed by atoms with Crippen LogP contribution in [-0.2, 0) is 26.1 Å². The second kappa shape index (κ2) is 9.19. The SMILES string of the molecule is CO[C@H]1[C@H](NC(=O)OC(C)(C)C)CC[C@@H](c2c([NH+]([O-])OC)cnn2C)O[C@@H]1C. The van der Waals surface area contributed by atoms with E-state index in [0.29, 0.717) is 24.2 Å². The van der Waals surface area contributed by atoms with Crippen molar-refractivity contribution < 1.29 is 29.1 Å². The lowest BCUT2D eigenvalue weighted by molar-refractivity contribution is -0.992. The van der Waals surface area contributed by atoms with Crippen LogP contribution in [0.1, 0.15) is 52.3 Å². The number of hydrogen-bond donors (Lipinski definition) is 2. The Morgan fingerprint density at radius 3 is 2.64 bits per heavy atom. The molecular formula is C18H32N4O6. The molecule has 0 aliphatic carbocycles. The fourth-order valence-corrected chi connectivity index (χ4v) is 3.49. The van der Waals surface area contributed by atoms with Gasteiger partial charge in [0.1, 0.15) is 29.7 Å². The molecule has 1 amide bonds. The van der Waals surface area contributed by atoms with Gasteiger partial charge in [-0.1, -0.05) is 0 Å². The van der Waals surface area contributed by atoms with Crippen LogP contribution >= 0.6 is 0 Å². The van der Waals surface area contributed by atoms with Crippen molar-refractivity contribution in [3.05, 3.63) is 17.1 Å². The van der Waals surface area contributed by atoms with E-state index in [1.807, 2.05) is 27.7 Å². The Morgan fingerprint density at radius 1 is 1.39 bits per heavy atom. The third-order valence-corrected chi connectivity index (χ3v) is 4.65. The van der Waals surface area contributed by atoms with E-state index in [1.165, 1.54) is 13.3 Å². The second-order valence-corrected chi connectivity index (χ2v) is 7.92. The fourth-order valence-electron chi connectivity index (χ4n) is 3.49. The van der Waals surface area contributed by atoms with E-state index in [2.05, 4.69) is 10.4 Å². The molecule has 1 fully saturated rings. The van der Waals surface area contributed by atoms with Crippen LogP contribution in [0.2, 0.25) is 0 Å². The van der Waals surface area contributed by atoms with Crippen molar-refractivity contribution in [3.63, 3.8) is 0 Å². The molecular weight excluding hydrogens is 368 g/mol. The van der Waals surface area contributed by atoms with Crippen LogP contribution < -0.4 is 10.5 Å². The minimum absolute atomic E-state index is 0.297. The maximum Gasteiger partial charge on any atom is 0.407 e. The van der Waals surface area contributed by atoms with Crippen molar-refractivity contribution in [1.29, 1.82) is 0 Å². The largest absolute Gasteiger partial charge is 0.595 e. The summed E-state index contributed by atoms with van der Waals surface area (Å²) in [5.74, 6) is 0. The number of hydrogen-bond acceptors (Lipinski definition) is 7. The Bertz CT molecular complexity index is 659. The molecule has 160 valence electrons. The van der Waals surface area contributed by atoms with Gasteiger partial charge in [0, 0.05) is 14.2 Å². The molecule has 10 nitrogen and oxygen atoms in total. The molecule has 1 saturated heterocycles. The quantitative estimate of drug-likeness (QED) is 0.713. The number of carbonyl (C=O) groups is 1. The van der Waals surface area contributed by atoms with Gasteiger partial charge in [0.15, 0.2) is 0 Å².